The van der Waals surface area contributed by atoms with Gasteiger partial charge in [-0.05, 0) is 36.2 Å². The van der Waals surface area contributed by atoms with Gasteiger partial charge in [0.05, 0.1) is 24.7 Å². The summed E-state index contributed by atoms with van der Waals surface area (Å²) in [6.07, 6.45) is -0.547. The average molecular weight is 609 g/mol. The fraction of sp³-hybridized carbons (Fsp3) is 0.367. The summed E-state index contributed by atoms with van der Waals surface area (Å²) >= 11 is 0. The third-order valence-electron chi connectivity index (χ3n) is 8.27. The smallest absolute Gasteiger partial charge is 0.407 e. The Balaban J connectivity index is 1.30. The van der Waals surface area contributed by atoms with Crippen LogP contribution in [0.2, 0.25) is 0 Å². The predicted molar refractivity (Wildman–Crippen MR) is 152 cm³/mol. The van der Waals surface area contributed by atoms with E-state index in [1.165, 1.54) is 29.2 Å². The van der Waals surface area contributed by atoms with Gasteiger partial charge in [0.1, 0.15) is 17.7 Å². The molecule has 0 radical (unpaired) electrons. The van der Waals surface area contributed by atoms with Gasteiger partial charge in [0.15, 0.2) is 5.69 Å². The molecular formula is C30H30F2N6O6. The number of hydrogen-bond donors (Lipinski definition) is 3. The number of hydrogen-bond acceptors (Lipinski definition) is 8. The second-order valence-corrected chi connectivity index (χ2v) is 11.0. The zero-order valence-electron chi connectivity index (χ0n) is 23.5. The lowest BCUT2D eigenvalue weighted by Gasteiger charge is -2.46. The largest absolute Gasteiger partial charge is 0.465 e. The zero-order chi connectivity index (χ0) is 31.6. The Kier molecular flexibility index (Phi) is 8.25. The number of carbonyl (C=O) groups excluding carboxylic acids is 1. The number of ether oxygens (including phenoxy) is 1. The van der Waals surface area contributed by atoms with E-state index in [0.717, 1.165) is 21.4 Å². The summed E-state index contributed by atoms with van der Waals surface area (Å²) in [5.41, 5.74) is 2.96. The fourth-order valence-electron chi connectivity index (χ4n) is 5.72. The molecule has 2 saturated heterocycles. The Labute approximate surface area is 250 Å². The molecule has 0 unspecified atom stereocenters. The standard InChI is InChI=1S/C30H30F2N6O6/c31-30(32)17-37(26(39)22-10-12-36(28(41)42)15-23(22)20-4-2-1-3-5-20)13-11-29(30,43)16-38-18-35-25(24(34)27(38)40)44-21-8-6-19(14-33)7-9-21/h1-9,18,22-23,43H,10-13,15-17,34H2,(H,41,42)/t22-,23+,29+/m1/s1. The number of alkyl halides is 2. The summed E-state index contributed by atoms with van der Waals surface area (Å²) in [6.45, 7) is -1.99. The third kappa shape index (κ3) is 5.91. The van der Waals surface area contributed by atoms with Crippen LogP contribution >= 0.6 is 0 Å². The van der Waals surface area contributed by atoms with Crippen LogP contribution in [0.5, 0.6) is 11.6 Å². The van der Waals surface area contributed by atoms with Crippen molar-refractivity contribution >= 4 is 17.7 Å². The highest BCUT2D eigenvalue weighted by Gasteiger charge is 2.58. The van der Waals surface area contributed by atoms with Crippen molar-refractivity contribution in [2.24, 2.45) is 5.92 Å². The van der Waals surface area contributed by atoms with Crippen molar-refractivity contribution in [3.63, 3.8) is 0 Å². The summed E-state index contributed by atoms with van der Waals surface area (Å²) in [4.78, 5) is 44.4. The van der Waals surface area contributed by atoms with Crippen LogP contribution in [-0.2, 0) is 11.3 Å². The molecular weight excluding hydrogens is 578 g/mol. The molecule has 14 heteroatoms. The highest BCUT2D eigenvalue weighted by atomic mass is 19.3. The zero-order valence-corrected chi connectivity index (χ0v) is 23.5. The van der Waals surface area contributed by atoms with Gasteiger partial charge in [-0.25, -0.2) is 18.6 Å². The molecule has 5 rings (SSSR count). The number of nitrogens with two attached hydrogens (primary N) is 1. The third-order valence-corrected chi connectivity index (χ3v) is 8.27. The molecule has 0 aliphatic carbocycles. The van der Waals surface area contributed by atoms with Crippen molar-refractivity contribution in [3.05, 3.63) is 82.4 Å². The molecule has 2 fully saturated rings. The van der Waals surface area contributed by atoms with E-state index in [0.29, 0.717) is 5.56 Å². The Morgan fingerprint density at radius 2 is 1.82 bits per heavy atom. The van der Waals surface area contributed by atoms with E-state index in [1.807, 2.05) is 6.07 Å². The lowest BCUT2D eigenvalue weighted by atomic mass is 9.79. The van der Waals surface area contributed by atoms with Gasteiger partial charge < -0.3 is 30.5 Å². The monoisotopic (exact) mass is 608 g/mol. The molecule has 12 nitrogen and oxygen atoms in total. The van der Waals surface area contributed by atoms with E-state index in [4.69, 9.17) is 15.7 Å². The van der Waals surface area contributed by atoms with Crippen LogP contribution in [0.4, 0.5) is 19.3 Å². The number of benzene rings is 2. The van der Waals surface area contributed by atoms with E-state index in [1.54, 1.807) is 30.3 Å². The van der Waals surface area contributed by atoms with Gasteiger partial charge in [0, 0.05) is 37.9 Å². The number of anilines is 1. The maximum atomic E-state index is 15.6. The quantitative estimate of drug-likeness (QED) is 0.380. The van der Waals surface area contributed by atoms with Gasteiger partial charge >= 0.3 is 6.09 Å². The highest BCUT2D eigenvalue weighted by molar-refractivity contribution is 5.81. The summed E-state index contributed by atoms with van der Waals surface area (Å²) in [7, 11) is 0. The van der Waals surface area contributed by atoms with Crippen LogP contribution in [-0.4, -0.2) is 79.3 Å². The molecule has 0 saturated carbocycles. The number of likely N-dealkylation sites (tertiary alicyclic amines) is 2. The first-order valence-corrected chi connectivity index (χ1v) is 13.9. The van der Waals surface area contributed by atoms with Gasteiger partial charge in [0.25, 0.3) is 11.5 Å². The van der Waals surface area contributed by atoms with E-state index < -0.39 is 66.1 Å². The lowest BCUT2D eigenvalue weighted by Crippen LogP contribution is -2.64. The molecule has 2 aliphatic heterocycles. The molecule has 2 amide bonds. The SMILES string of the molecule is N#Cc1ccc(Oc2ncn(C[C@@]3(O)CCN(C(=O)[C@@H]4CCN(C(=O)O)C[C@H]4c4ccccc4)CC3(F)F)c(=O)c2N)cc1. The van der Waals surface area contributed by atoms with E-state index in [-0.39, 0.29) is 37.7 Å². The summed E-state index contributed by atoms with van der Waals surface area (Å²) in [5.74, 6) is -5.64. The van der Waals surface area contributed by atoms with Crippen molar-refractivity contribution in [1.29, 1.82) is 5.26 Å². The molecule has 230 valence electrons. The molecule has 0 spiro atoms. The minimum atomic E-state index is -3.81. The number of halogens is 2. The number of carbonyl (C=O) groups is 2. The molecule has 1 aromatic heterocycles. The second-order valence-electron chi connectivity index (χ2n) is 11.0. The number of nitriles is 1. The first-order chi connectivity index (χ1) is 20.9. The van der Waals surface area contributed by atoms with Gasteiger partial charge in [-0.15, -0.1) is 0 Å². The van der Waals surface area contributed by atoms with Crippen LogP contribution in [0.25, 0.3) is 0 Å². The average Bonchev–Trinajstić information content (AvgIpc) is 3.02. The summed E-state index contributed by atoms with van der Waals surface area (Å²) in [6, 6.07) is 16.7. The number of piperidine rings is 2. The number of aliphatic hydroxyl groups is 1. The molecule has 44 heavy (non-hydrogen) atoms. The Morgan fingerprint density at radius 1 is 1.11 bits per heavy atom. The van der Waals surface area contributed by atoms with Crippen LogP contribution in [0, 0.1) is 17.2 Å². The molecule has 3 atom stereocenters. The van der Waals surface area contributed by atoms with E-state index in [2.05, 4.69) is 4.98 Å². The van der Waals surface area contributed by atoms with Gasteiger partial charge in [-0.2, -0.15) is 5.26 Å². The second kappa shape index (κ2) is 11.9. The van der Waals surface area contributed by atoms with Gasteiger partial charge in [-0.3, -0.25) is 14.2 Å². The predicted octanol–water partition coefficient (Wildman–Crippen LogP) is 2.87. The Morgan fingerprint density at radius 3 is 2.45 bits per heavy atom. The van der Waals surface area contributed by atoms with Gasteiger partial charge in [-0.1, -0.05) is 30.3 Å². The maximum Gasteiger partial charge on any atom is 0.407 e. The number of amides is 2. The van der Waals surface area contributed by atoms with Crippen molar-refractivity contribution in [1.82, 2.24) is 19.4 Å². The van der Waals surface area contributed by atoms with Crippen LogP contribution in [0.1, 0.15) is 29.9 Å². The maximum absolute atomic E-state index is 15.6. The van der Waals surface area contributed by atoms with Crippen LogP contribution in [0.3, 0.4) is 0 Å². The van der Waals surface area contributed by atoms with Gasteiger partial charge in [0.2, 0.25) is 11.8 Å². The molecule has 3 aromatic rings. The number of carboxylic acid groups (broad SMARTS) is 1. The number of aromatic nitrogens is 2. The number of nitrogens with zero attached hydrogens (tertiary/aromatic N) is 5. The van der Waals surface area contributed by atoms with Crippen LogP contribution in [0.15, 0.2) is 65.7 Å². The van der Waals surface area contributed by atoms with E-state index in [9.17, 15) is 24.6 Å². The van der Waals surface area contributed by atoms with Crippen molar-refractivity contribution in [2.45, 2.75) is 36.8 Å². The van der Waals surface area contributed by atoms with Crippen molar-refractivity contribution in [3.8, 4) is 17.7 Å². The van der Waals surface area contributed by atoms with Crippen LogP contribution < -0.4 is 16.0 Å². The lowest BCUT2D eigenvalue weighted by molar-refractivity contribution is -0.223. The first kappa shape index (κ1) is 30.4. The minimum Gasteiger partial charge on any atom is -0.465 e. The Hall–Kier alpha value is -5.03. The summed E-state index contributed by atoms with van der Waals surface area (Å²) in [5, 5.41) is 29.5. The summed E-state index contributed by atoms with van der Waals surface area (Å²) < 4.78 is 37.5. The van der Waals surface area contributed by atoms with Crippen molar-refractivity contribution in [2.75, 3.05) is 31.9 Å². The number of rotatable bonds is 6. The first-order valence-electron chi connectivity index (χ1n) is 13.9. The Bertz CT molecular complexity index is 1640. The number of nitrogen functional groups attached to an aromatic ring is 1. The van der Waals surface area contributed by atoms with Crippen molar-refractivity contribution < 1.29 is 33.3 Å². The normalized spacial score (nSPS) is 23.0. The molecule has 2 aromatic carbocycles. The molecule has 4 N–H and O–H groups in total. The fourth-order valence-corrected chi connectivity index (χ4v) is 5.72. The minimum absolute atomic E-state index is 0.0478. The molecule has 3 heterocycles. The highest BCUT2D eigenvalue weighted by Crippen LogP contribution is 2.40. The van der Waals surface area contributed by atoms with E-state index >= 15 is 8.78 Å². The topological polar surface area (TPSA) is 175 Å². The molecule has 2 aliphatic rings. The molecule has 0 bridgehead atoms.